The van der Waals surface area contributed by atoms with Crippen LogP contribution >= 0.6 is 23.3 Å². The Morgan fingerprint density at radius 2 is 2.20 bits per heavy atom. The molecule has 2 saturated heterocycles. The van der Waals surface area contributed by atoms with Crippen molar-refractivity contribution in [3.05, 3.63) is 10.8 Å². The first-order valence-electron chi connectivity index (χ1n) is 5.47. The molecule has 0 aromatic carbocycles. The number of hydrogen-bond donors (Lipinski definition) is 0. The monoisotopic (exact) mass is 243 g/mol. The van der Waals surface area contributed by atoms with E-state index in [4.69, 9.17) is 11.6 Å². The quantitative estimate of drug-likeness (QED) is 0.759. The normalized spacial score (nSPS) is 39.6. The van der Waals surface area contributed by atoms with Crippen LogP contribution in [-0.4, -0.2) is 32.8 Å². The largest absolute Gasteiger partial charge is 0.300 e. The number of nitrogens with zero attached hydrogens (tertiary/aromatic N) is 3. The molecule has 3 rings (SSSR count). The zero-order valence-electron chi connectivity index (χ0n) is 8.69. The molecule has 0 amide bonds. The van der Waals surface area contributed by atoms with Crippen molar-refractivity contribution in [1.29, 1.82) is 0 Å². The molecular weight excluding hydrogens is 230 g/mol. The molecule has 0 radical (unpaired) electrons. The molecule has 5 heteroatoms. The van der Waals surface area contributed by atoms with Gasteiger partial charge in [0.25, 0.3) is 0 Å². The fraction of sp³-hybridized carbons (Fsp3) is 0.800. The lowest BCUT2D eigenvalue weighted by atomic mass is 9.88. The van der Waals surface area contributed by atoms with Crippen LogP contribution < -0.4 is 0 Å². The topological polar surface area (TPSA) is 29.0 Å². The van der Waals surface area contributed by atoms with E-state index in [1.165, 1.54) is 31.1 Å². The smallest absolute Gasteiger partial charge is 0.166 e. The van der Waals surface area contributed by atoms with E-state index in [2.05, 4.69) is 20.6 Å². The maximum atomic E-state index is 6.06. The van der Waals surface area contributed by atoms with Crippen molar-refractivity contribution in [1.82, 2.24) is 13.6 Å². The number of hydrogen-bond acceptors (Lipinski definition) is 4. The number of fused-ring (bicyclic) bond motifs is 2. The van der Waals surface area contributed by atoms with Gasteiger partial charge in [0.1, 0.15) is 0 Å². The van der Waals surface area contributed by atoms with Crippen molar-refractivity contribution in [3.63, 3.8) is 0 Å². The van der Waals surface area contributed by atoms with Crippen molar-refractivity contribution >= 4 is 23.3 Å². The first-order valence-corrected chi connectivity index (χ1v) is 6.58. The molecule has 2 aliphatic rings. The number of aromatic nitrogens is 2. The zero-order valence-corrected chi connectivity index (χ0v) is 10.3. The lowest BCUT2D eigenvalue weighted by molar-refractivity contribution is 0.195. The third-order valence-electron chi connectivity index (χ3n) is 3.87. The molecule has 2 fully saturated rings. The molecule has 82 valence electrons. The summed E-state index contributed by atoms with van der Waals surface area (Å²) in [6, 6.07) is 0.733. The third kappa shape index (κ3) is 1.59. The minimum absolute atomic E-state index is 0.529. The van der Waals surface area contributed by atoms with E-state index >= 15 is 0 Å². The fourth-order valence-electron chi connectivity index (χ4n) is 2.91. The van der Waals surface area contributed by atoms with Gasteiger partial charge in [-0.25, -0.2) is 0 Å². The highest BCUT2D eigenvalue weighted by atomic mass is 35.5. The molecule has 4 unspecified atom stereocenters. The molecule has 0 N–H and O–H groups in total. The van der Waals surface area contributed by atoms with E-state index in [1.54, 1.807) is 0 Å². The van der Waals surface area contributed by atoms with E-state index in [-0.39, 0.29) is 0 Å². The highest BCUT2D eigenvalue weighted by Gasteiger charge is 2.41. The second kappa shape index (κ2) is 3.68. The second-order valence-corrected chi connectivity index (χ2v) is 5.57. The molecule has 4 atom stereocenters. The summed E-state index contributed by atoms with van der Waals surface area (Å²) in [4.78, 5) is 2.56. The predicted octanol–water partition coefficient (Wildman–Crippen LogP) is 2.39. The van der Waals surface area contributed by atoms with E-state index in [0.29, 0.717) is 11.1 Å². The summed E-state index contributed by atoms with van der Waals surface area (Å²) in [6.07, 6.45) is 2.63. The SMILES string of the molecule is CC1CCC2CN1CC2c1nsnc1Cl. The Hall–Kier alpha value is -0.190. The van der Waals surface area contributed by atoms with Gasteiger partial charge in [0.2, 0.25) is 0 Å². The average molecular weight is 244 g/mol. The summed E-state index contributed by atoms with van der Waals surface area (Å²) in [5.74, 6) is 1.28. The molecule has 2 bridgehead atoms. The summed E-state index contributed by atoms with van der Waals surface area (Å²) in [5, 5.41) is 0.631. The second-order valence-electron chi connectivity index (χ2n) is 4.69. The van der Waals surface area contributed by atoms with Gasteiger partial charge < -0.3 is 0 Å². The van der Waals surface area contributed by atoms with E-state index in [1.807, 2.05) is 0 Å². The van der Waals surface area contributed by atoms with E-state index in [9.17, 15) is 0 Å². The highest BCUT2D eigenvalue weighted by molar-refractivity contribution is 6.99. The van der Waals surface area contributed by atoms with Gasteiger partial charge in [-0.05, 0) is 25.7 Å². The number of rotatable bonds is 1. The van der Waals surface area contributed by atoms with Crippen molar-refractivity contribution in [2.24, 2.45) is 5.92 Å². The summed E-state index contributed by atoms with van der Waals surface area (Å²) < 4.78 is 8.43. The van der Waals surface area contributed by atoms with Crippen molar-refractivity contribution in [2.75, 3.05) is 13.1 Å². The summed E-state index contributed by atoms with van der Waals surface area (Å²) in [5.41, 5.74) is 1.04. The van der Waals surface area contributed by atoms with Gasteiger partial charge in [-0.15, -0.1) is 0 Å². The molecule has 15 heavy (non-hydrogen) atoms. The van der Waals surface area contributed by atoms with Crippen molar-refractivity contribution < 1.29 is 0 Å². The first kappa shape index (κ1) is 10.00. The molecule has 1 aromatic rings. The number of halogens is 1. The van der Waals surface area contributed by atoms with Gasteiger partial charge >= 0.3 is 0 Å². The lowest BCUT2D eigenvalue weighted by Crippen LogP contribution is -2.34. The molecule has 1 aromatic heterocycles. The first-order chi connectivity index (χ1) is 7.25. The molecule has 0 aliphatic carbocycles. The maximum absolute atomic E-state index is 6.06. The minimum Gasteiger partial charge on any atom is -0.300 e. The molecule has 2 aliphatic heterocycles. The van der Waals surface area contributed by atoms with Crippen LogP contribution in [0.3, 0.4) is 0 Å². The third-order valence-corrected chi connectivity index (χ3v) is 4.79. The maximum Gasteiger partial charge on any atom is 0.166 e. The predicted molar refractivity (Wildman–Crippen MR) is 61.4 cm³/mol. The van der Waals surface area contributed by atoms with Crippen LogP contribution in [0, 0.1) is 5.92 Å². The van der Waals surface area contributed by atoms with Crippen molar-refractivity contribution in [2.45, 2.75) is 31.7 Å². The minimum atomic E-state index is 0.529. The van der Waals surface area contributed by atoms with Crippen LogP contribution in [0.25, 0.3) is 0 Å². The van der Waals surface area contributed by atoms with Crippen LogP contribution in [0.2, 0.25) is 5.15 Å². The van der Waals surface area contributed by atoms with Crippen LogP contribution in [0.15, 0.2) is 0 Å². The van der Waals surface area contributed by atoms with E-state index in [0.717, 1.165) is 24.2 Å². The Morgan fingerprint density at radius 3 is 2.87 bits per heavy atom. The molecule has 0 saturated carbocycles. The van der Waals surface area contributed by atoms with Gasteiger partial charge in [-0.2, -0.15) is 8.75 Å². The van der Waals surface area contributed by atoms with E-state index < -0.39 is 0 Å². The van der Waals surface area contributed by atoms with Gasteiger partial charge in [-0.3, -0.25) is 4.90 Å². The van der Waals surface area contributed by atoms with Crippen LogP contribution in [-0.2, 0) is 0 Å². The van der Waals surface area contributed by atoms with Crippen molar-refractivity contribution in [3.8, 4) is 0 Å². The number of piperidine rings is 1. The fourth-order valence-corrected chi connectivity index (χ4v) is 3.75. The van der Waals surface area contributed by atoms with Crippen LogP contribution in [0.4, 0.5) is 0 Å². The molecular formula is C10H14ClN3S. The zero-order chi connectivity index (χ0) is 10.4. The summed E-state index contributed by atoms with van der Waals surface area (Å²) in [6.45, 7) is 4.66. The summed E-state index contributed by atoms with van der Waals surface area (Å²) in [7, 11) is 0. The molecule has 0 spiro atoms. The standard InChI is InChI=1S/C10H14ClN3S/c1-6-2-3-7-4-14(6)5-8(7)9-10(11)13-15-12-9/h6-8H,2-5H2,1H3. The Kier molecular flexibility index (Phi) is 2.45. The van der Waals surface area contributed by atoms with Gasteiger partial charge in [0.05, 0.1) is 17.4 Å². The lowest BCUT2D eigenvalue weighted by Gasteiger charge is -2.28. The Labute approximate surface area is 98.8 Å². The van der Waals surface area contributed by atoms with Gasteiger partial charge in [0.15, 0.2) is 5.15 Å². The molecule has 3 nitrogen and oxygen atoms in total. The summed E-state index contributed by atoms with van der Waals surface area (Å²) >= 11 is 7.30. The highest BCUT2D eigenvalue weighted by Crippen LogP contribution is 2.42. The Bertz CT molecular complexity index is 367. The Morgan fingerprint density at radius 1 is 1.33 bits per heavy atom. The van der Waals surface area contributed by atoms with Crippen LogP contribution in [0.5, 0.6) is 0 Å². The molecule has 3 heterocycles. The average Bonchev–Trinajstić information content (AvgIpc) is 2.77. The van der Waals surface area contributed by atoms with Gasteiger partial charge in [-0.1, -0.05) is 11.6 Å². The van der Waals surface area contributed by atoms with Crippen LogP contribution in [0.1, 0.15) is 31.4 Å². The Balaban J connectivity index is 1.87. The van der Waals surface area contributed by atoms with Gasteiger partial charge in [0, 0.05) is 25.0 Å².